The lowest BCUT2D eigenvalue weighted by Crippen LogP contribution is -2.03. The summed E-state index contributed by atoms with van der Waals surface area (Å²) in [4.78, 5) is 8.83. The number of unbranched alkanes of at least 4 members (excludes halogenated alkanes) is 3. The molecule has 1 unspecified atom stereocenters. The van der Waals surface area contributed by atoms with Crippen molar-refractivity contribution >= 4 is 0 Å². The molecule has 1 atom stereocenters. The number of aromatic nitrogens is 2. The first-order chi connectivity index (χ1) is 12.7. The number of benzene rings is 1. The van der Waals surface area contributed by atoms with E-state index in [-0.39, 0.29) is 0 Å². The fourth-order valence-electron chi connectivity index (χ4n) is 2.54. The zero-order valence-corrected chi connectivity index (χ0v) is 16.4. The Morgan fingerprint density at radius 2 is 1.54 bits per heavy atom. The van der Waals surface area contributed by atoms with E-state index in [9.17, 15) is 0 Å². The van der Waals surface area contributed by atoms with E-state index in [0.29, 0.717) is 11.7 Å². The summed E-state index contributed by atoms with van der Waals surface area (Å²) in [5, 5.41) is 0. The maximum absolute atomic E-state index is 5.80. The Labute approximate surface area is 158 Å². The highest BCUT2D eigenvalue weighted by Gasteiger charge is 2.04. The van der Waals surface area contributed by atoms with Crippen LogP contribution in [0, 0.1) is 5.92 Å². The number of hydrogen-bond donors (Lipinski definition) is 0. The topological polar surface area (TPSA) is 44.2 Å². The van der Waals surface area contributed by atoms with E-state index in [0.717, 1.165) is 43.1 Å². The van der Waals surface area contributed by atoms with Gasteiger partial charge in [0.25, 0.3) is 0 Å². The van der Waals surface area contributed by atoms with E-state index in [1.165, 1.54) is 25.7 Å². The summed E-state index contributed by atoms with van der Waals surface area (Å²) in [6, 6.07) is 7.96. The third-order valence-electron chi connectivity index (χ3n) is 4.58. The first-order valence-corrected chi connectivity index (χ1v) is 9.91. The lowest BCUT2D eigenvalue weighted by Gasteiger charge is -2.10. The van der Waals surface area contributed by atoms with Crippen LogP contribution in [0.2, 0.25) is 0 Å². The van der Waals surface area contributed by atoms with Gasteiger partial charge in [0.1, 0.15) is 5.75 Å². The first-order valence-electron chi connectivity index (χ1n) is 9.91. The minimum absolute atomic E-state index is 0.703. The molecule has 0 aliphatic heterocycles. The summed E-state index contributed by atoms with van der Waals surface area (Å²) in [6.45, 7) is 8.16. The van der Waals surface area contributed by atoms with Gasteiger partial charge in [-0.2, -0.15) is 0 Å². The molecular formula is C22H32N2O2. The molecule has 142 valence electrons. The second-order valence-corrected chi connectivity index (χ2v) is 6.83. The van der Waals surface area contributed by atoms with Crippen molar-refractivity contribution in [2.24, 2.45) is 5.92 Å². The van der Waals surface area contributed by atoms with Gasteiger partial charge in [-0.1, -0.05) is 46.5 Å². The van der Waals surface area contributed by atoms with Crippen molar-refractivity contribution < 1.29 is 9.47 Å². The number of ether oxygens (including phenoxy) is 2. The van der Waals surface area contributed by atoms with Crippen LogP contribution >= 0.6 is 0 Å². The Morgan fingerprint density at radius 1 is 0.846 bits per heavy atom. The zero-order valence-electron chi connectivity index (χ0n) is 16.4. The standard InChI is InChI=1S/C22H32N2O2/c1-4-6-7-8-14-25-21-16-23-22(24-17-21)19-9-11-20(12-10-19)26-15-13-18(3)5-2/h9-12,16-18H,4-8,13-15H2,1-3H3. The molecule has 0 saturated heterocycles. The van der Waals surface area contributed by atoms with Crippen molar-refractivity contribution in [2.45, 2.75) is 59.3 Å². The Balaban J connectivity index is 1.81. The largest absolute Gasteiger partial charge is 0.494 e. The molecule has 4 heteroatoms. The molecule has 0 saturated carbocycles. The molecule has 1 aromatic heterocycles. The molecule has 2 rings (SSSR count). The maximum atomic E-state index is 5.80. The molecule has 0 aliphatic rings. The average molecular weight is 357 g/mol. The van der Waals surface area contributed by atoms with Crippen molar-refractivity contribution in [3.63, 3.8) is 0 Å². The van der Waals surface area contributed by atoms with Gasteiger partial charge in [0.2, 0.25) is 0 Å². The zero-order chi connectivity index (χ0) is 18.6. The van der Waals surface area contributed by atoms with Crippen LogP contribution in [-0.4, -0.2) is 23.2 Å². The Morgan fingerprint density at radius 3 is 2.19 bits per heavy atom. The summed E-state index contributed by atoms with van der Waals surface area (Å²) >= 11 is 0. The highest BCUT2D eigenvalue weighted by molar-refractivity contribution is 5.56. The van der Waals surface area contributed by atoms with E-state index in [1.54, 1.807) is 12.4 Å². The molecule has 4 nitrogen and oxygen atoms in total. The molecule has 0 aliphatic carbocycles. The average Bonchev–Trinajstić information content (AvgIpc) is 2.69. The fraction of sp³-hybridized carbons (Fsp3) is 0.545. The minimum Gasteiger partial charge on any atom is -0.494 e. The lowest BCUT2D eigenvalue weighted by molar-refractivity contribution is 0.282. The van der Waals surface area contributed by atoms with Crippen LogP contribution in [0.15, 0.2) is 36.7 Å². The van der Waals surface area contributed by atoms with Crippen LogP contribution in [0.4, 0.5) is 0 Å². The van der Waals surface area contributed by atoms with E-state index in [2.05, 4.69) is 30.7 Å². The molecule has 0 amide bonds. The van der Waals surface area contributed by atoms with Crippen molar-refractivity contribution in [1.29, 1.82) is 0 Å². The molecule has 2 aromatic rings. The number of rotatable bonds is 12. The summed E-state index contributed by atoms with van der Waals surface area (Å²) < 4.78 is 11.5. The third kappa shape index (κ3) is 7.03. The quantitative estimate of drug-likeness (QED) is 0.443. The number of hydrogen-bond acceptors (Lipinski definition) is 4. The second-order valence-electron chi connectivity index (χ2n) is 6.83. The first kappa shape index (κ1) is 20.2. The Kier molecular flexibility index (Phi) is 8.94. The summed E-state index contributed by atoms with van der Waals surface area (Å²) in [5.74, 6) is 3.03. The molecule has 26 heavy (non-hydrogen) atoms. The third-order valence-corrected chi connectivity index (χ3v) is 4.58. The van der Waals surface area contributed by atoms with Gasteiger partial charge < -0.3 is 9.47 Å². The van der Waals surface area contributed by atoms with Crippen molar-refractivity contribution in [3.05, 3.63) is 36.7 Å². The molecule has 1 heterocycles. The maximum Gasteiger partial charge on any atom is 0.159 e. The van der Waals surface area contributed by atoms with Gasteiger partial charge in [-0.3, -0.25) is 0 Å². The molecule has 0 radical (unpaired) electrons. The van der Waals surface area contributed by atoms with Gasteiger partial charge in [-0.25, -0.2) is 9.97 Å². The van der Waals surface area contributed by atoms with Crippen LogP contribution in [0.1, 0.15) is 59.3 Å². The molecule has 0 spiro atoms. The highest BCUT2D eigenvalue weighted by atomic mass is 16.5. The van der Waals surface area contributed by atoms with E-state index in [4.69, 9.17) is 9.47 Å². The SMILES string of the molecule is CCCCCCOc1cnc(-c2ccc(OCCC(C)CC)cc2)nc1. The minimum atomic E-state index is 0.703. The highest BCUT2D eigenvalue weighted by Crippen LogP contribution is 2.21. The van der Waals surface area contributed by atoms with Crippen molar-refractivity contribution in [2.75, 3.05) is 13.2 Å². The van der Waals surface area contributed by atoms with Crippen LogP contribution < -0.4 is 9.47 Å². The van der Waals surface area contributed by atoms with Crippen LogP contribution in [0.5, 0.6) is 11.5 Å². The van der Waals surface area contributed by atoms with Gasteiger partial charge in [0, 0.05) is 5.56 Å². The van der Waals surface area contributed by atoms with E-state index >= 15 is 0 Å². The van der Waals surface area contributed by atoms with Gasteiger partial charge >= 0.3 is 0 Å². The van der Waals surface area contributed by atoms with E-state index in [1.807, 2.05) is 24.3 Å². The second kappa shape index (κ2) is 11.5. The summed E-state index contributed by atoms with van der Waals surface area (Å²) in [6.07, 6.45) is 10.6. The van der Waals surface area contributed by atoms with Crippen molar-refractivity contribution in [1.82, 2.24) is 9.97 Å². The lowest BCUT2D eigenvalue weighted by atomic mass is 10.1. The monoisotopic (exact) mass is 356 g/mol. The predicted octanol–water partition coefficient (Wildman–Crippen LogP) is 5.92. The van der Waals surface area contributed by atoms with Crippen LogP contribution in [-0.2, 0) is 0 Å². The van der Waals surface area contributed by atoms with Crippen LogP contribution in [0.3, 0.4) is 0 Å². The Hall–Kier alpha value is -2.10. The van der Waals surface area contributed by atoms with Gasteiger partial charge in [-0.05, 0) is 43.0 Å². The molecule has 0 fully saturated rings. The summed E-state index contributed by atoms with van der Waals surface area (Å²) in [5.41, 5.74) is 0.980. The predicted molar refractivity (Wildman–Crippen MR) is 107 cm³/mol. The van der Waals surface area contributed by atoms with E-state index < -0.39 is 0 Å². The normalized spacial score (nSPS) is 12.0. The smallest absolute Gasteiger partial charge is 0.159 e. The fourth-order valence-corrected chi connectivity index (χ4v) is 2.54. The van der Waals surface area contributed by atoms with Gasteiger partial charge in [-0.15, -0.1) is 0 Å². The van der Waals surface area contributed by atoms with Gasteiger partial charge in [0.05, 0.1) is 25.6 Å². The summed E-state index contributed by atoms with van der Waals surface area (Å²) in [7, 11) is 0. The van der Waals surface area contributed by atoms with Crippen molar-refractivity contribution in [3.8, 4) is 22.9 Å². The Bertz CT molecular complexity index is 611. The van der Waals surface area contributed by atoms with Crippen LogP contribution in [0.25, 0.3) is 11.4 Å². The molecule has 0 N–H and O–H groups in total. The van der Waals surface area contributed by atoms with Gasteiger partial charge in [0.15, 0.2) is 11.6 Å². The molecule has 1 aromatic carbocycles. The number of nitrogens with zero attached hydrogens (tertiary/aromatic N) is 2. The molecular weight excluding hydrogens is 324 g/mol. The molecule has 0 bridgehead atoms.